The molecule has 0 spiro atoms. The number of anilines is 1. The molecular weight excluding hydrogens is 441 g/mol. The average Bonchev–Trinajstić information content (AvgIpc) is 2.72. The van der Waals surface area contributed by atoms with Gasteiger partial charge in [0.25, 0.3) is 5.91 Å². The molecule has 3 rings (SSSR count). The highest BCUT2D eigenvalue weighted by atomic mass is 35.5. The Morgan fingerprint density at radius 3 is 2.40 bits per heavy atom. The Kier molecular flexibility index (Phi) is 7.09. The van der Waals surface area contributed by atoms with E-state index in [-0.39, 0.29) is 18.0 Å². The van der Waals surface area contributed by atoms with Crippen molar-refractivity contribution in [2.24, 2.45) is 0 Å². The van der Waals surface area contributed by atoms with Gasteiger partial charge in [-0.05, 0) is 36.4 Å². The van der Waals surface area contributed by atoms with Gasteiger partial charge in [-0.1, -0.05) is 11.6 Å². The molecule has 2 amide bonds. The van der Waals surface area contributed by atoms with Gasteiger partial charge in [0.05, 0.1) is 12.1 Å². The fourth-order valence-corrected chi connectivity index (χ4v) is 3.71. The van der Waals surface area contributed by atoms with Crippen molar-refractivity contribution in [3.8, 4) is 0 Å². The lowest BCUT2D eigenvalue weighted by Gasteiger charge is -2.36. The Hall–Kier alpha value is -2.46. The second-order valence-electron chi connectivity index (χ2n) is 6.43. The summed E-state index contributed by atoms with van der Waals surface area (Å²) in [4.78, 5) is 32.0. The van der Waals surface area contributed by atoms with Gasteiger partial charge < -0.3 is 15.1 Å². The van der Waals surface area contributed by atoms with Crippen molar-refractivity contribution in [3.05, 3.63) is 53.2 Å². The van der Waals surface area contributed by atoms with Crippen LogP contribution < -0.4 is 10.2 Å². The van der Waals surface area contributed by atoms with Crippen LogP contribution in [0.2, 0.25) is 5.02 Å². The topological polar surface area (TPSA) is 65.5 Å². The molecule has 0 atom stereocenters. The van der Waals surface area contributed by atoms with Crippen LogP contribution in [-0.4, -0.2) is 59.9 Å². The van der Waals surface area contributed by atoms with E-state index in [1.165, 1.54) is 18.3 Å². The molecule has 1 fully saturated rings. The number of benzene rings is 1. The van der Waals surface area contributed by atoms with Crippen LogP contribution in [0.4, 0.5) is 18.9 Å². The number of pyridine rings is 1. The van der Waals surface area contributed by atoms with Crippen molar-refractivity contribution in [2.75, 3.05) is 37.6 Å². The Morgan fingerprint density at radius 2 is 1.77 bits per heavy atom. The highest BCUT2D eigenvalue weighted by Crippen LogP contribution is 2.37. The number of halogens is 4. The summed E-state index contributed by atoms with van der Waals surface area (Å²) in [5.41, 5.74) is -3.78. The number of hydrogen-bond donors (Lipinski definition) is 1. The molecule has 1 aromatic carbocycles. The minimum absolute atomic E-state index is 0.222. The Bertz CT molecular complexity index is 903. The van der Waals surface area contributed by atoms with Crippen molar-refractivity contribution in [1.29, 1.82) is 0 Å². The third-order valence-electron chi connectivity index (χ3n) is 4.45. The number of carbonyl (C=O) groups is 2. The maximum Gasteiger partial charge on any atom is 0.447 e. The lowest BCUT2D eigenvalue weighted by molar-refractivity contribution is -0.130. The molecule has 30 heavy (non-hydrogen) atoms. The molecule has 0 unspecified atom stereocenters. The smallest absolute Gasteiger partial charge is 0.368 e. The summed E-state index contributed by atoms with van der Waals surface area (Å²) in [6, 6.07) is 10.0. The summed E-state index contributed by atoms with van der Waals surface area (Å²) in [6.07, 6.45) is 1.18. The monoisotopic (exact) mass is 458 g/mol. The van der Waals surface area contributed by atoms with Gasteiger partial charge in [0, 0.05) is 54.8 Å². The lowest BCUT2D eigenvalue weighted by atomic mass is 10.2. The number of alkyl halides is 3. The van der Waals surface area contributed by atoms with Gasteiger partial charge in [0.2, 0.25) is 5.91 Å². The predicted molar refractivity (Wildman–Crippen MR) is 109 cm³/mol. The first-order valence-electron chi connectivity index (χ1n) is 9.00. The van der Waals surface area contributed by atoms with E-state index >= 15 is 0 Å². The van der Waals surface area contributed by atoms with E-state index in [9.17, 15) is 22.8 Å². The van der Waals surface area contributed by atoms with E-state index in [1.54, 1.807) is 17.0 Å². The van der Waals surface area contributed by atoms with E-state index in [1.807, 2.05) is 12.1 Å². The largest absolute Gasteiger partial charge is 0.447 e. The summed E-state index contributed by atoms with van der Waals surface area (Å²) >= 11 is 5.43. The first kappa shape index (κ1) is 22.2. The molecule has 0 aliphatic carbocycles. The van der Waals surface area contributed by atoms with Crippen molar-refractivity contribution < 1.29 is 22.8 Å². The highest BCUT2D eigenvalue weighted by Gasteiger charge is 2.32. The molecule has 1 saturated heterocycles. The molecule has 160 valence electrons. The summed E-state index contributed by atoms with van der Waals surface area (Å²) in [5.74, 6) is -1.07. The predicted octanol–water partition coefficient (Wildman–Crippen LogP) is 3.43. The van der Waals surface area contributed by atoms with Crippen LogP contribution in [0.3, 0.4) is 0 Å². The normalized spacial score (nSPS) is 14.5. The molecule has 11 heteroatoms. The van der Waals surface area contributed by atoms with Gasteiger partial charge in [-0.3, -0.25) is 9.59 Å². The van der Waals surface area contributed by atoms with Crippen molar-refractivity contribution in [2.45, 2.75) is 10.5 Å². The first-order valence-corrected chi connectivity index (χ1v) is 10.2. The van der Waals surface area contributed by atoms with Crippen LogP contribution in [0.15, 0.2) is 47.6 Å². The maximum atomic E-state index is 12.6. The quantitative estimate of drug-likeness (QED) is 0.695. The van der Waals surface area contributed by atoms with E-state index in [4.69, 9.17) is 11.6 Å². The first-order chi connectivity index (χ1) is 14.2. The zero-order chi connectivity index (χ0) is 21.7. The second kappa shape index (κ2) is 9.57. The van der Waals surface area contributed by atoms with E-state index in [2.05, 4.69) is 15.2 Å². The molecule has 2 heterocycles. The van der Waals surface area contributed by atoms with Crippen LogP contribution in [0.1, 0.15) is 10.4 Å². The molecule has 0 saturated carbocycles. The lowest BCUT2D eigenvalue weighted by Crippen LogP contribution is -2.51. The Morgan fingerprint density at radius 1 is 1.10 bits per heavy atom. The maximum absolute atomic E-state index is 12.6. The average molecular weight is 459 g/mol. The summed E-state index contributed by atoms with van der Waals surface area (Å²) in [5, 5.41) is 2.59. The zero-order valence-electron chi connectivity index (χ0n) is 15.7. The number of thioether (sulfide) groups is 1. The number of hydrogen-bond acceptors (Lipinski definition) is 5. The third-order valence-corrected chi connectivity index (χ3v) is 5.45. The van der Waals surface area contributed by atoms with Gasteiger partial charge >= 0.3 is 5.51 Å². The van der Waals surface area contributed by atoms with E-state index < -0.39 is 28.2 Å². The summed E-state index contributed by atoms with van der Waals surface area (Å²) in [7, 11) is 0. The van der Waals surface area contributed by atoms with Crippen molar-refractivity contribution in [1.82, 2.24) is 15.2 Å². The van der Waals surface area contributed by atoms with Gasteiger partial charge in [0.15, 0.2) is 0 Å². The molecule has 1 aliphatic rings. The van der Waals surface area contributed by atoms with Crippen LogP contribution >= 0.6 is 23.4 Å². The number of rotatable bonds is 5. The number of carbonyl (C=O) groups excluding carboxylic acids is 2. The molecule has 1 aliphatic heterocycles. The third kappa shape index (κ3) is 6.02. The van der Waals surface area contributed by atoms with Crippen LogP contribution in [0.5, 0.6) is 0 Å². The van der Waals surface area contributed by atoms with Crippen molar-refractivity contribution >= 4 is 40.9 Å². The SMILES string of the molecule is O=C(NCC(=O)N1CCN(c2ccc(Cl)cc2)CC1)c1cccnc1SC(F)(F)F. The minimum atomic E-state index is -4.57. The van der Waals surface area contributed by atoms with Crippen LogP contribution in [-0.2, 0) is 4.79 Å². The Labute approximate surface area is 180 Å². The highest BCUT2D eigenvalue weighted by molar-refractivity contribution is 8.00. The second-order valence-corrected chi connectivity index (χ2v) is 7.92. The summed E-state index contributed by atoms with van der Waals surface area (Å²) < 4.78 is 37.9. The fraction of sp³-hybridized carbons (Fsp3) is 0.316. The molecule has 6 nitrogen and oxygen atoms in total. The Balaban J connectivity index is 1.52. The number of nitrogens with one attached hydrogen (secondary N) is 1. The molecule has 0 bridgehead atoms. The number of piperazine rings is 1. The molecule has 0 radical (unpaired) electrons. The van der Waals surface area contributed by atoms with Gasteiger partial charge in [-0.2, -0.15) is 13.2 Å². The number of amides is 2. The zero-order valence-corrected chi connectivity index (χ0v) is 17.2. The van der Waals surface area contributed by atoms with E-state index in [0.717, 1.165) is 5.69 Å². The fourth-order valence-electron chi connectivity index (χ4n) is 2.98. The van der Waals surface area contributed by atoms with E-state index in [0.29, 0.717) is 31.2 Å². The molecule has 1 aromatic heterocycles. The minimum Gasteiger partial charge on any atom is -0.368 e. The van der Waals surface area contributed by atoms with Crippen LogP contribution in [0.25, 0.3) is 0 Å². The molecule has 2 aromatic rings. The van der Waals surface area contributed by atoms with Crippen molar-refractivity contribution in [3.63, 3.8) is 0 Å². The summed E-state index contributed by atoms with van der Waals surface area (Å²) in [6.45, 7) is 1.89. The number of aromatic nitrogens is 1. The number of nitrogens with zero attached hydrogens (tertiary/aromatic N) is 3. The molecule has 1 N–H and O–H groups in total. The molecular formula is C19H18ClF3N4O2S. The standard InChI is InChI=1S/C19H18ClF3N4O2S/c20-13-3-5-14(6-4-13)26-8-10-27(11-9-26)16(28)12-25-17(29)15-2-1-7-24-18(15)30-19(21,22)23/h1-7H,8-12H2,(H,25,29). The van der Waals surface area contributed by atoms with Gasteiger partial charge in [0.1, 0.15) is 5.03 Å². The van der Waals surface area contributed by atoms with Gasteiger partial charge in [-0.15, -0.1) is 0 Å². The van der Waals surface area contributed by atoms with Crippen LogP contribution in [0, 0.1) is 0 Å². The van der Waals surface area contributed by atoms with Gasteiger partial charge in [-0.25, -0.2) is 4.98 Å².